The predicted molar refractivity (Wildman–Crippen MR) is 109 cm³/mol. The van der Waals surface area contributed by atoms with Gasteiger partial charge in [0, 0.05) is 12.6 Å². The van der Waals surface area contributed by atoms with Gasteiger partial charge in [-0.15, -0.1) is 0 Å². The fraction of sp³-hybridized carbons (Fsp3) is 0.864. The molecular weight excluding hydrogens is 310 g/mol. The summed E-state index contributed by atoms with van der Waals surface area (Å²) in [6.07, 6.45) is 13.2. The maximum absolute atomic E-state index is 11.5. The van der Waals surface area contributed by atoms with Crippen molar-refractivity contribution in [3.63, 3.8) is 0 Å². The van der Waals surface area contributed by atoms with Crippen LogP contribution in [-0.4, -0.2) is 24.2 Å². The first-order valence-electron chi connectivity index (χ1n) is 10.4. The molecule has 25 heavy (non-hydrogen) atoms. The van der Waals surface area contributed by atoms with Crippen LogP contribution in [0.3, 0.4) is 0 Å². The van der Waals surface area contributed by atoms with Crippen molar-refractivity contribution in [2.24, 2.45) is 17.8 Å². The van der Waals surface area contributed by atoms with E-state index < -0.39 is 0 Å². The minimum atomic E-state index is -0.0916. The molecule has 0 aromatic heterocycles. The van der Waals surface area contributed by atoms with Gasteiger partial charge in [0.1, 0.15) is 0 Å². The van der Waals surface area contributed by atoms with Crippen LogP contribution in [0.25, 0.3) is 0 Å². The Hall–Kier alpha value is -0.830. The highest BCUT2D eigenvalue weighted by Crippen LogP contribution is 2.21. The molecule has 0 aromatic carbocycles. The van der Waals surface area contributed by atoms with E-state index in [9.17, 15) is 4.79 Å². The normalized spacial score (nSPS) is 14.6. The van der Waals surface area contributed by atoms with Gasteiger partial charge in [0.2, 0.25) is 5.91 Å². The molecule has 0 radical (unpaired) electrons. The highest BCUT2D eigenvalue weighted by molar-refractivity contribution is 5.88. The van der Waals surface area contributed by atoms with E-state index in [0.717, 1.165) is 36.2 Å². The summed E-state index contributed by atoms with van der Waals surface area (Å²) in [5, 5.41) is 11.3. The van der Waals surface area contributed by atoms with E-state index in [1.807, 2.05) is 6.92 Å². The summed E-state index contributed by atoms with van der Waals surface area (Å²) in [6, 6.07) is 0. The van der Waals surface area contributed by atoms with Crippen LogP contribution in [0.1, 0.15) is 92.4 Å². The summed E-state index contributed by atoms with van der Waals surface area (Å²) >= 11 is 0. The van der Waals surface area contributed by atoms with Crippen molar-refractivity contribution in [2.45, 2.75) is 92.4 Å². The van der Waals surface area contributed by atoms with Crippen LogP contribution >= 0.6 is 0 Å². The summed E-state index contributed by atoms with van der Waals surface area (Å²) in [5.74, 6) is 2.39. The molecular formula is C22H43NO2. The fourth-order valence-electron chi connectivity index (χ4n) is 3.23. The quantitative estimate of drug-likeness (QED) is 0.383. The second-order valence-electron chi connectivity index (χ2n) is 8.36. The van der Waals surface area contributed by atoms with Crippen LogP contribution in [0, 0.1) is 17.8 Å². The van der Waals surface area contributed by atoms with E-state index in [0.29, 0.717) is 6.54 Å². The van der Waals surface area contributed by atoms with E-state index in [1.54, 1.807) is 6.08 Å². The molecule has 0 saturated carbocycles. The Labute approximate surface area is 156 Å². The van der Waals surface area contributed by atoms with Crippen molar-refractivity contribution in [3.8, 4) is 0 Å². The molecule has 0 aliphatic heterocycles. The standard InChI is InChI=1S/C22H43NO2/c1-18(2)9-6-10-19(3)11-7-12-20(4)13-8-14-21(5)17-22(25)23-15-16-24/h17-20,24H,6-16H2,1-5H3,(H,23,25). The van der Waals surface area contributed by atoms with Gasteiger partial charge < -0.3 is 10.4 Å². The van der Waals surface area contributed by atoms with Crippen molar-refractivity contribution >= 4 is 5.91 Å². The summed E-state index contributed by atoms with van der Waals surface area (Å²) in [4.78, 5) is 11.5. The molecule has 0 fully saturated rings. The van der Waals surface area contributed by atoms with Crippen LogP contribution in [0.4, 0.5) is 0 Å². The van der Waals surface area contributed by atoms with Gasteiger partial charge in [-0.1, -0.05) is 78.2 Å². The predicted octanol–water partition coefficient (Wildman–Crippen LogP) is 5.48. The molecule has 0 bridgehead atoms. The average molecular weight is 354 g/mol. The molecule has 1 amide bonds. The number of nitrogens with one attached hydrogen (secondary N) is 1. The van der Waals surface area contributed by atoms with E-state index in [-0.39, 0.29) is 12.5 Å². The maximum atomic E-state index is 11.5. The van der Waals surface area contributed by atoms with Crippen molar-refractivity contribution in [1.29, 1.82) is 0 Å². The molecule has 0 heterocycles. The highest BCUT2D eigenvalue weighted by atomic mass is 16.3. The zero-order valence-electron chi connectivity index (χ0n) is 17.4. The van der Waals surface area contributed by atoms with Crippen molar-refractivity contribution in [1.82, 2.24) is 5.32 Å². The highest BCUT2D eigenvalue weighted by Gasteiger charge is 2.07. The number of carbonyl (C=O) groups excluding carboxylic acids is 1. The summed E-state index contributed by atoms with van der Waals surface area (Å²) in [7, 11) is 0. The topological polar surface area (TPSA) is 49.3 Å². The molecule has 0 rings (SSSR count). The Bertz CT molecular complexity index is 363. The van der Waals surface area contributed by atoms with Gasteiger partial charge in [-0.25, -0.2) is 0 Å². The number of aliphatic hydroxyl groups excluding tert-OH is 1. The molecule has 2 unspecified atom stereocenters. The first-order valence-corrected chi connectivity index (χ1v) is 10.4. The molecule has 2 atom stereocenters. The van der Waals surface area contributed by atoms with Crippen LogP contribution < -0.4 is 5.32 Å². The molecule has 0 aromatic rings. The van der Waals surface area contributed by atoms with E-state index in [2.05, 4.69) is 33.0 Å². The Morgan fingerprint density at radius 1 is 0.920 bits per heavy atom. The van der Waals surface area contributed by atoms with E-state index >= 15 is 0 Å². The van der Waals surface area contributed by atoms with Crippen LogP contribution in [-0.2, 0) is 4.79 Å². The van der Waals surface area contributed by atoms with Gasteiger partial charge in [0.25, 0.3) is 0 Å². The van der Waals surface area contributed by atoms with Crippen LogP contribution in [0.2, 0.25) is 0 Å². The number of hydrogen-bond donors (Lipinski definition) is 2. The largest absolute Gasteiger partial charge is 0.395 e. The Morgan fingerprint density at radius 2 is 1.44 bits per heavy atom. The van der Waals surface area contributed by atoms with Crippen LogP contribution in [0.5, 0.6) is 0 Å². The molecule has 0 saturated heterocycles. The molecule has 0 aliphatic rings. The van der Waals surface area contributed by atoms with Gasteiger partial charge in [0.15, 0.2) is 0 Å². The third-order valence-electron chi connectivity index (χ3n) is 4.93. The van der Waals surface area contributed by atoms with E-state index in [1.165, 1.54) is 44.9 Å². The first-order chi connectivity index (χ1) is 11.8. The lowest BCUT2D eigenvalue weighted by molar-refractivity contribution is -0.116. The molecule has 0 aliphatic carbocycles. The van der Waals surface area contributed by atoms with Crippen molar-refractivity contribution in [2.75, 3.05) is 13.2 Å². The first kappa shape index (κ1) is 24.2. The minimum absolute atomic E-state index is 0.00745. The molecule has 3 heteroatoms. The number of hydrogen-bond acceptors (Lipinski definition) is 2. The third-order valence-corrected chi connectivity index (χ3v) is 4.93. The third kappa shape index (κ3) is 16.4. The molecule has 3 nitrogen and oxygen atoms in total. The SMILES string of the molecule is CC(=CC(=O)NCCO)CCCC(C)CCCC(C)CCCC(C)C. The smallest absolute Gasteiger partial charge is 0.244 e. The second-order valence-corrected chi connectivity index (χ2v) is 8.36. The Kier molecular flexibility index (Phi) is 14.9. The fourth-order valence-corrected chi connectivity index (χ4v) is 3.23. The van der Waals surface area contributed by atoms with Gasteiger partial charge in [-0.05, 0) is 37.5 Å². The monoisotopic (exact) mass is 353 g/mol. The summed E-state index contributed by atoms with van der Waals surface area (Å²) in [6.45, 7) is 11.7. The minimum Gasteiger partial charge on any atom is -0.395 e. The lowest BCUT2D eigenvalue weighted by atomic mass is 9.91. The molecule has 148 valence electrons. The second kappa shape index (κ2) is 15.4. The van der Waals surface area contributed by atoms with Crippen molar-refractivity contribution in [3.05, 3.63) is 11.6 Å². The molecule has 0 spiro atoms. The van der Waals surface area contributed by atoms with Crippen molar-refractivity contribution < 1.29 is 9.90 Å². The zero-order chi connectivity index (χ0) is 19.1. The lowest BCUT2D eigenvalue weighted by Crippen LogP contribution is -2.24. The average Bonchev–Trinajstić information content (AvgIpc) is 2.52. The number of carbonyl (C=O) groups is 1. The maximum Gasteiger partial charge on any atom is 0.244 e. The number of rotatable bonds is 15. The lowest BCUT2D eigenvalue weighted by Gasteiger charge is -2.15. The number of amides is 1. The van der Waals surface area contributed by atoms with Gasteiger partial charge in [-0.3, -0.25) is 4.79 Å². The van der Waals surface area contributed by atoms with Gasteiger partial charge in [0.05, 0.1) is 6.61 Å². The van der Waals surface area contributed by atoms with E-state index in [4.69, 9.17) is 5.11 Å². The summed E-state index contributed by atoms with van der Waals surface area (Å²) < 4.78 is 0. The molecule has 2 N–H and O–H groups in total. The Balaban J connectivity index is 3.71. The Morgan fingerprint density at radius 3 is 1.96 bits per heavy atom. The number of aliphatic hydroxyl groups is 1. The summed E-state index contributed by atoms with van der Waals surface area (Å²) in [5.41, 5.74) is 1.13. The van der Waals surface area contributed by atoms with Gasteiger partial charge >= 0.3 is 0 Å². The zero-order valence-corrected chi connectivity index (χ0v) is 17.4. The van der Waals surface area contributed by atoms with Gasteiger partial charge in [-0.2, -0.15) is 0 Å². The van der Waals surface area contributed by atoms with Crippen LogP contribution in [0.15, 0.2) is 11.6 Å². The number of allylic oxidation sites excluding steroid dienone is 1.